The van der Waals surface area contributed by atoms with Gasteiger partial charge < -0.3 is 9.84 Å². The second-order valence-electron chi connectivity index (χ2n) is 4.78. The number of rotatable bonds is 5. The summed E-state index contributed by atoms with van der Waals surface area (Å²) in [4.78, 5) is 10.8. The van der Waals surface area contributed by atoms with Crippen LogP contribution < -0.4 is 4.74 Å². The number of carbonyl (C=O) groups is 1. The highest BCUT2D eigenvalue weighted by atomic mass is 35.5. The van der Waals surface area contributed by atoms with Crippen molar-refractivity contribution in [2.24, 2.45) is 0 Å². The van der Waals surface area contributed by atoms with Gasteiger partial charge in [-0.3, -0.25) is 0 Å². The molecule has 0 heterocycles. The Morgan fingerprint density at radius 3 is 2.50 bits per heavy atom. The van der Waals surface area contributed by atoms with Gasteiger partial charge >= 0.3 is 5.97 Å². The number of halogens is 1. The van der Waals surface area contributed by atoms with E-state index in [1.54, 1.807) is 24.3 Å². The van der Waals surface area contributed by atoms with Crippen LogP contribution in [0.25, 0.3) is 0 Å². The van der Waals surface area contributed by atoms with Crippen LogP contribution in [0.4, 0.5) is 0 Å². The Bertz CT molecular complexity index is 720. The Hall–Kier alpha value is -2.51. The van der Waals surface area contributed by atoms with Crippen molar-refractivity contribution >= 4 is 17.6 Å². The van der Waals surface area contributed by atoms with Gasteiger partial charge in [0.25, 0.3) is 0 Å². The van der Waals surface area contributed by atoms with Gasteiger partial charge in [0.15, 0.2) is 0 Å². The van der Waals surface area contributed by atoms with Crippen molar-refractivity contribution in [3.63, 3.8) is 0 Å². The number of nitrogens with zero attached hydrogens (tertiary/aromatic N) is 1. The molecule has 4 nitrogen and oxygen atoms in total. The van der Waals surface area contributed by atoms with Gasteiger partial charge in [-0.1, -0.05) is 29.8 Å². The summed E-state index contributed by atoms with van der Waals surface area (Å²) >= 11 is 6.09. The number of hydrogen-bond acceptors (Lipinski definition) is 3. The number of methoxy groups -OCH3 is 1. The standard InChI is InChI=1S/C17H14ClNO3/c1-22-16-7-6-13(9-15(16)18)14(10-19)8-11-2-4-12(5-3-11)17(20)21/h2-7,9,14H,8H2,1H3,(H,20,21). The molecular formula is C17H14ClNO3. The normalized spacial score (nSPS) is 11.5. The lowest BCUT2D eigenvalue weighted by molar-refractivity contribution is 0.0697. The van der Waals surface area contributed by atoms with Crippen LogP contribution >= 0.6 is 11.6 Å². The van der Waals surface area contributed by atoms with Crippen molar-refractivity contribution in [1.29, 1.82) is 5.26 Å². The van der Waals surface area contributed by atoms with Crippen molar-refractivity contribution in [3.05, 3.63) is 64.2 Å². The molecule has 112 valence electrons. The number of nitriles is 1. The van der Waals surface area contributed by atoms with E-state index in [9.17, 15) is 10.1 Å². The van der Waals surface area contributed by atoms with Gasteiger partial charge in [-0.05, 0) is 41.8 Å². The Balaban J connectivity index is 2.20. The van der Waals surface area contributed by atoms with Crippen molar-refractivity contribution in [2.75, 3.05) is 7.11 Å². The van der Waals surface area contributed by atoms with E-state index in [0.717, 1.165) is 11.1 Å². The van der Waals surface area contributed by atoms with Crippen molar-refractivity contribution in [2.45, 2.75) is 12.3 Å². The van der Waals surface area contributed by atoms with E-state index in [2.05, 4.69) is 6.07 Å². The lowest BCUT2D eigenvalue weighted by Gasteiger charge is -2.12. The molecule has 0 aliphatic heterocycles. The number of ether oxygens (including phenoxy) is 1. The number of hydrogen-bond donors (Lipinski definition) is 1. The largest absolute Gasteiger partial charge is 0.495 e. The van der Waals surface area contributed by atoms with E-state index < -0.39 is 5.97 Å². The summed E-state index contributed by atoms with van der Waals surface area (Å²) in [5.41, 5.74) is 1.92. The SMILES string of the molecule is COc1ccc(C(C#N)Cc2ccc(C(=O)O)cc2)cc1Cl. The Kier molecular flexibility index (Phi) is 5.03. The van der Waals surface area contributed by atoms with Gasteiger partial charge in [-0.2, -0.15) is 5.26 Å². The highest BCUT2D eigenvalue weighted by molar-refractivity contribution is 6.32. The topological polar surface area (TPSA) is 70.3 Å². The molecule has 0 saturated heterocycles. The van der Waals surface area contributed by atoms with Gasteiger partial charge in [-0.15, -0.1) is 0 Å². The molecule has 0 amide bonds. The fraction of sp³-hybridized carbons (Fsp3) is 0.176. The zero-order valence-electron chi connectivity index (χ0n) is 11.9. The van der Waals surface area contributed by atoms with E-state index in [4.69, 9.17) is 21.4 Å². The third-order valence-electron chi connectivity index (χ3n) is 3.37. The number of carboxylic acid groups (broad SMARTS) is 1. The number of aromatic carboxylic acids is 1. The molecular weight excluding hydrogens is 302 g/mol. The number of carboxylic acids is 1. The molecule has 22 heavy (non-hydrogen) atoms. The van der Waals surface area contributed by atoms with Crippen LogP contribution in [0.3, 0.4) is 0 Å². The fourth-order valence-corrected chi connectivity index (χ4v) is 2.42. The average Bonchev–Trinajstić information content (AvgIpc) is 2.53. The van der Waals surface area contributed by atoms with Crippen molar-refractivity contribution in [3.8, 4) is 11.8 Å². The highest BCUT2D eigenvalue weighted by Crippen LogP contribution is 2.29. The summed E-state index contributed by atoms with van der Waals surface area (Å²) < 4.78 is 5.10. The maximum absolute atomic E-state index is 10.8. The smallest absolute Gasteiger partial charge is 0.335 e. The van der Waals surface area contributed by atoms with Crippen molar-refractivity contribution < 1.29 is 14.6 Å². The summed E-state index contributed by atoms with van der Waals surface area (Å²) in [6.45, 7) is 0. The van der Waals surface area contributed by atoms with Crippen LogP contribution in [-0.2, 0) is 6.42 Å². The van der Waals surface area contributed by atoms with E-state index in [-0.39, 0.29) is 11.5 Å². The van der Waals surface area contributed by atoms with Crippen LogP contribution in [0.2, 0.25) is 5.02 Å². The molecule has 1 N–H and O–H groups in total. The zero-order valence-corrected chi connectivity index (χ0v) is 12.7. The first kappa shape index (κ1) is 15.9. The van der Waals surface area contributed by atoms with Crippen LogP contribution in [0.15, 0.2) is 42.5 Å². The van der Waals surface area contributed by atoms with E-state index in [1.807, 2.05) is 6.07 Å². The summed E-state index contributed by atoms with van der Waals surface area (Å²) in [5.74, 6) is -0.766. The first-order chi connectivity index (χ1) is 10.5. The maximum atomic E-state index is 10.8. The quantitative estimate of drug-likeness (QED) is 0.908. The summed E-state index contributed by atoms with van der Waals surface area (Å²) in [7, 11) is 1.53. The molecule has 0 aromatic heterocycles. The predicted molar refractivity (Wildman–Crippen MR) is 83.5 cm³/mol. The van der Waals surface area contributed by atoms with E-state index in [0.29, 0.717) is 17.2 Å². The second kappa shape index (κ2) is 6.97. The van der Waals surface area contributed by atoms with Crippen molar-refractivity contribution in [1.82, 2.24) is 0 Å². The minimum atomic E-state index is -0.967. The molecule has 0 fully saturated rings. The molecule has 1 unspecified atom stereocenters. The van der Waals surface area contributed by atoms with E-state index in [1.165, 1.54) is 19.2 Å². The monoisotopic (exact) mass is 315 g/mol. The molecule has 2 aromatic carbocycles. The molecule has 0 aliphatic carbocycles. The van der Waals surface area contributed by atoms with Crippen LogP contribution in [0, 0.1) is 11.3 Å². The molecule has 1 atom stereocenters. The maximum Gasteiger partial charge on any atom is 0.335 e. The molecule has 2 rings (SSSR count). The lowest BCUT2D eigenvalue weighted by Crippen LogP contribution is -2.02. The van der Waals surface area contributed by atoms with Crippen LogP contribution in [0.5, 0.6) is 5.75 Å². The Morgan fingerprint density at radius 2 is 2.00 bits per heavy atom. The van der Waals surface area contributed by atoms with E-state index >= 15 is 0 Å². The highest BCUT2D eigenvalue weighted by Gasteiger charge is 2.14. The Labute approximate surface area is 133 Å². The van der Waals surface area contributed by atoms with Crippen LogP contribution in [0.1, 0.15) is 27.4 Å². The summed E-state index contributed by atoms with van der Waals surface area (Å²) in [5, 5.41) is 18.7. The first-order valence-electron chi connectivity index (χ1n) is 6.60. The fourth-order valence-electron chi connectivity index (χ4n) is 2.16. The molecule has 5 heteroatoms. The molecule has 0 radical (unpaired) electrons. The van der Waals surface area contributed by atoms with Gasteiger partial charge in [0.05, 0.1) is 29.7 Å². The lowest BCUT2D eigenvalue weighted by atomic mass is 9.93. The van der Waals surface area contributed by atoms with Gasteiger partial charge in [0, 0.05) is 0 Å². The summed E-state index contributed by atoms with van der Waals surface area (Å²) in [6.07, 6.45) is 0.485. The first-order valence-corrected chi connectivity index (χ1v) is 6.98. The minimum absolute atomic E-state index is 0.227. The van der Waals surface area contributed by atoms with Gasteiger partial charge in [0.1, 0.15) is 5.75 Å². The summed E-state index contributed by atoms with van der Waals surface area (Å²) in [6, 6.07) is 14.0. The minimum Gasteiger partial charge on any atom is -0.495 e. The molecule has 0 bridgehead atoms. The van der Waals surface area contributed by atoms with Gasteiger partial charge in [-0.25, -0.2) is 4.79 Å². The third kappa shape index (κ3) is 3.57. The van der Waals surface area contributed by atoms with Crippen LogP contribution in [-0.4, -0.2) is 18.2 Å². The second-order valence-corrected chi connectivity index (χ2v) is 5.19. The molecule has 0 saturated carbocycles. The molecule has 0 spiro atoms. The average molecular weight is 316 g/mol. The zero-order chi connectivity index (χ0) is 16.1. The number of benzene rings is 2. The molecule has 0 aliphatic rings. The molecule has 2 aromatic rings. The predicted octanol–water partition coefficient (Wildman–Crippen LogP) is 3.90. The Morgan fingerprint density at radius 1 is 1.32 bits per heavy atom. The third-order valence-corrected chi connectivity index (χ3v) is 3.67. The van der Waals surface area contributed by atoms with Gasteiger partial charge in [0.2, 0.25) is 0 Å².